The summed E-state index contributed by atoms with van der Waals surface area (Å²) in [6, 6.07) is 2.44. The van der Waals surface area contributed by atoms with Gasteiger partial charge in [-0.2, -0.15) is 0 Å². The number of aromatic nitrogens is 3. The first-order chi connectivity index (χ1) is 10.6. The van der Waals surface area contributed by atoms with Crippen LogP contribution in [-0.2, 0) is 4.79 Å². The van der Waals surface area contributed by atoms with Gasteiger partial charge in [-0.3, -0.25) is 9.78 Å². The number of nitrogens with one attached hydrogen (secondary N) is 1. The van der Waals surface area contributed by atoms with E-state index >= 15 is 0 Å². The molecule has 0 aliphatic carbocycles. The van der Waals surface area contributed by atoms with Crippen molar-refractivity contribution in [3.63, 3.8) is 0 Å². The van der Waals surface area contributed by atoms with Crippen LogP contribution in [0.4, 0.5) is 0 Å². The molecule has 0 unspecified atom stereocenters. The van der Waals surface area contributed by atoms with Crippen molar-refractivity contribution >= 4 is 11.9 Å². The Balaban J connectivity index is 2.12. The number of hydrogen-bond acceptors (Lipinski definition) is 4. The van der Waals surface area contributed by atoms with Crippen molar-refractivity contribution in [2.24, 2.45) is 0 Å². The first-order valence-electron chi connectivity index (χ1n) is 7.10. The molecule has 7 nitrogen and oxygen atoms in total. The standard InChI is InChI=1S/C15H18N4O3/c1-2-3-4-12(15(21)22)18-14(20)13-9-11(5-6-17-13)19-8-7-16-10-19/h5-10,12H,2-4H2,1H3,(H,18,20)(H,21,22)/t12-/m0/s1. The van der Waals surface area contributed by atoms with Gasteiger partial charge in [0.25, 0.3) is 5.91 Å². The molecule has 2 rings (SSSR count). The Hall–Kier alpha value is -2.70. The third kappa shape index (κ3) is 3.91. The van der Waals surface area contributed by atoms with E-state index in [0.29, 0.717) is 6.42 Å². The van der Waals surface area contributed by atoms with Gasteiger partial charge in [-0.25, -0.2) is 9.78 Å². The molecule has 0 saturated carbocycles. The van der Waals surface area contributed by atoms with Crippen molar-refractivity contribution in [1.82, 2.24) is 19.9 Å². The minimum Gasteiger partial charge on any atom is -0.480 e. The molecule has 0 fully saturated rings. The highest BCUT2D eigenvalue weighted by Crippen LogP contribution is 2.09. The molecule has 2 N–H and O–H groups in total. The number of amides is 1. The minimum absolute atomic E-state index is 0.175. The second-order valence-electron chi connectivity index (χ2n) is 4.88. The lowest BCUT2D eigenvalue weighted by molar-refractivity contribution is -0.139. The van der Waals surface area contributed by atoms with Gasteiger partial charge >= 0.3 is 5.97 Å². The molecule has 1 amide bonds. The van der Waals surface area contributed by atoms with Crippen LogP contribution in [0.1, 0.15) is 36.7 Å². The summed E-state index contributed by atoms with van der Waals surface area (Å²) in [6.45, 7) is 1.97. The molecule has 0 spiro atoms. The van der Waals surface area contributed by atoms with E-state index in [1.54, 1.807) is 35.4 Å². The molecule has 1 atom stereocenters. The molecule has 0 aromatic carbocycles. The summed E-state index contributed by atoms with van der Waals surface area (Å²) in [5.74, 6) is -1.53. The predicted molar refractivity (Wildman–Crippen MR) is 79.8 cm³/mol. The van der Waals surface area contributed by atoms with Crippen LogP contribution in [0.15, 0.2) is 37.1 Å². The van der Waals surface area contributed by atoms with Crippen LogP contribution in [0, 0.1) is 0 Å². The van der Waals surface area contributed by atoms with Crippen molar-refractivity contribution in [3.8, 4) is 5.69 Å². The highest BCUT2D eigenvalue weighted by atomic mass is 16.4. The molecule has 0 aliphatic heterocycles. The number of hydrogen-bond donors (Lipinski definition) is 2. The maximum Gasteiger partial charge on any atom is 0.326 e. The van der Waals surface area contributed by atoms with Crippen molar-refractivity contribution in [3.05, 3.63) is 42.7 Å². The van der Waals surface area contributed by atoms with Crippen LogP contribution in [0.5, 0.6) is 0 Å². The van der Waals surface area contributed by atoms with Crippen LogP contribution in [0.3, 0.4) is 0 Å². The van der Waals surface area contributed by atoms with Gasteiger partial charge in [0, 0.05) is 18.6 Å². The zero-order chi connectivity index (χ0) is 15.9. The Kier molecular flexibility index (Phi) is 5.24. The van der Waals surface area contributed by atoms with Gasteiger partial charge < -0.3 is 15.0 Å². The molecular formula is C15H18N4O3. The largest absolute Gasteiger partial charge is 0.480 e. The molecule has 2 aromatic heterocycles. The van der Waals surface area contributed by atoms with Crippen LogP contribution in [0.25, 0.3) is 5.69 Å². The summed E-state index contributed by atoms with van der Waals surface area (Å²) in [7, 11) is 0. The maximum absolute atomic E-state index is 12.2. The highest BCUT2D eigenvalue weighted by Gasteiger charge is 2.20. The molecule has 0 aliphatic rings. The summed E-state index contributed by atoms with van der Waals surface area (Å²) in [4.78, 5) is 31.3. The Morgan fingerprint density at radius 3 is 2.86 bits per heavy atom. The van der Waals surface area contributed by atoms with Crippen molar-refractivity contribution in [1.29, 1.82) is 0 Å². The molecule has 0 saturated heterocycles. The summed E-state index contributed by atoms with van der Waals surface area (Å²) in [6.07, 6.45) is 8.50. The quantitative estimate of drug-likeness (QED) is 0.810. The fourth-order valence-electron chi connectivity index (χ4n) is 2.01. The van der Waals surface area contributed by atoms with Crippen LogP contribution < -0.4 is 5.32 Å². The summed E-state index contributed by atoms with van der Waals surface area (Å²) in [5, 5.41) is 11.7. The fraction of sp³-hybridized carbons (Fsp3) is 0.333. The van der Waals surface area contributed by atoms with E-state index in [1.165, 1.54) is 6.20 Å². The SMILES string of the molecule is CCCC[C@H](NC(=O)c1cc(-n2ccnc2)ccn1)C(=O)O. The van der Waals surface area contributed by atoms with Crippen LogP contribution >= 0.6 is 0 Å². The van der Waals surface area contributed by atoms with E-state index in [-0.39, 0.29) is 5.69 Å². The number of carbonyl (C=O) groups excluding carboxylic acids is 1. The van der Waals surface area contributed by atoms with E-state index in [0.717, 1.165) is 18.5 Å². The van der Waals surface area contributed by atoms with E-state index in [1.807, 2.05) is 6.92 Å². The zero-order valence-corrected chi connectivity index (χ0v) is 12.3. The molecule has 7 heteroatoms. The number of nitrogens with zero attached hydrogens (tertiary/aromatic N) is 3. The minimum atomic E-state index is -1.03. The number of carboxylic acids is 1. The Bertz CT molecular complexity index is 640. The molecule has 2 heterocycles. The van der Waals surface area contributed by atoms with Crippen molar-refractivity contribution in [2.45, 2.75) is 32.2 Å². The number of carboxylic acid groups (broad SMARTS) is 1. The lowest BCUT2D eigenvalue weighted by Crippen LogP contribution is -2.41. The van der Waals surface area contributed by atoms with Gasteiger partial charge in [0.1, 0.15) is 11.7 Å². The van der Waals surface area contributed by atoms with E-state index in [2.05, 4.69) is 15.3 Å². The highest BCUT2D eigenvalue weighted by molar-refractivity contribution is 5.95. The molecule has 0 bridgehead atoms. The lowest BCUT2D eigenvalue weighted by Gasteiger charge is -2.14. The second kappa shape index (κ2) is 7.35. The fourth-order valence-corrected chi connectivity index (χ4v) is 2.01. The summed E-state index contributed by atoms with van der Waals surface area (Å²) >= 11 is 0. The Morgan fingerprint density at radius 2 is 2.23 bits per heavy atom. The van der Waals surface area contributed by atoms with Gasteiger partial charge in [-0.15, -0.1) is 0 Å². The summed E-state index contributed by atoms with van der Waals surface area (Å²) in [5.41, 5.74) is 0.909. The number of imidazole rings is 1. The van der Waals surface area contributed by atoms with Gasteiger partial charge in [0.2, 0.25) is 0 Å². The topological polar surface area (TPSA) is 97.1 Å². The average Bonchev–Trinajstić information content (AvgIpc) is 3.05. The lowest BCUT2D eigenvalue weighted by atomic mass is 10.1. The smallest absolute Gasteiger partial charge is 0.326 e. The molecule has 0 radical (unpaired) electrons. The molecular weight excluding hydrogens is 284 g/mol. The van der Waals surface area contributed by atoms with Crippen molar-refractivity contribution in [2.75, 3.05) is 0 Å². The van der Waals surface area contributed by atoms with Crippen molar-refractivity contribution < 1.29 is 14.7 Å². The number of pyridine rings is 1. The molecule has 22 heavy (non-hydrogen) atoms. The zero-order valence-electron chi connectivity index (χ0n) is 12.3. The average molecular weight is 302 g/mol. The van der Waals surface area contributed by atoms with Crippen LogP contribution in [-0.4, -0.2) is 37.6 Å². The van der Waals surface area contributed by atoms with Gasteiger partial charge in [-0.1, -0.05) is 19.8 Å². The van der Waals surface area contributed by atoms with E-state index in [4.69, 9.17) is 5.11 Å². The second-order valence-corrected chi connectivity index (χ2v) is 4.88. The Morgan fingerprint density at radius 1 is 1.41 bits per heavy atom. The number of carbonyl (C=O) groups is 2. The number of rotatable bonds is 7. The first kappa shape index (κ1) is 15.7. The first-order valence-corrected chi connectivity index (χ1v) is 7.10. The van der Waals surface area contributed by atoms with Gasteiger partial charge in [0.15, 0.2) is 0 Å². The normalized spacial score (nSPS) is 11.9. The van der Waals surface area contributed by atoms with E-state index < -0.39 is 17.9 Å². The molecule has 116 valence electrons. The Labute approximate surface area is 128 Å². The summed E-state index contributed by atoms with van der Waals surface area (Å²) < 4.78 is 1.74. The third-order valence-corrected chi connectivity index (χ3v) is 3.23. The monoisotopic (exact) mass is 302 g/mol. The predicted octanol–water partition coefficient (Wildman–Crippen LogP) is 1.64. The van der Waals surface area contributed by atoms with Crippen LogP contribution in [0.2, 0.25) is 0 Å². The number of unbranched alkanes of at least 4 members (excludes halogenated alkanes) is 1. The van der Waals surface area contributed by atoms with Gasteiger partial charge in [-0.05, 0) is 18.6 Å². The molecule has 2 aromatic rings. The maximum atomic E-state index is 12.2. The third-order valence-electron chi connectivity index (χ3n) is 3.23. The van der Waals surface area contributed by atoms with Gasteiger partial charge in [0.05, 0.1) is 12.0 Å². The van der Waals surface area contributed by atoms with E-state index in [9.17, 15) is 9.59 Å². The number of aliphatic carboxylic acids is 1.